The molecule has 0 saturated carbocycles. The molecule has 9 heteroatoms. The molecule has 0 radical (unpaired) electrons. The topological polar surface area (TPSA) is 55.4 Å². The van der Waals surface area contributed by atoms with E-state index in [-0.39, 0.29) is 0 Å². The Morgan fingerprint density at radius 3 is 1.00 bits per heavy atom. The molecule has 1 fully saturated rings. The van der Waals surface area contributed by atoms with E-state index in [0.717, 1.165) is 16.4 Å². The average molecular weight is 402 g/mol. The third-order valence-corrected chi connectivity index (χ3v) is 4.92. The predicted molar refractivity (Wildman–Crippen MR) is 118 cm³/mol. The molecule has 3 aromatic carbocycles. The van der Waals surface area contributed by atoms with Gasteiger partial charge in [0.1, 0.15) is 17.2 Å². The predicted octanol–water partition coefficient (Wildman–Crippen LogP) is 1.26. The Balaban J connectivity index is 1.76. The second kappa shape index (κ2) is 9.30. The van der Waals surface area contributed by atoms with E-state index < -0.39 is 21.4 Å². The van der Waals surface area contributed by atoms with Gasteiger partial charge >= 0.3 is 21.4 Å². The van der Waals surface area contributed by atoms with Crippen molar-refractivity contribution in [2.75, 3.05) is 21.3 Å². The van der Waals surface area contributed by atoms with Gasteiger partial charge in [-0.25, -0.2) is 0 Å². The number of ether oxygens (including phenoxy) is 3. The molecule has 30 heavy (non-hydrogen) atoms. The first-order chi connectivity index (χ1) is 14.7. The summed E-state index contributed by atoms with van der Waals surface area (Å²) in [5, 5.41) is 0. The third kappa shape index (κ3) is 4.05. The Kier molecular flexibility index (Phi) is 6.33. The minimum atomic E-state index is -0.722. The van der Waals surface area contributed by atoms with Crippen LogP contribution in [0.25, 0.3) is 0 Å². The fourth-order valence-electron chi connectivity index (χ4n) is 3.46. The maximum absolute atomic E-state index is 6.22. The van der Waals surface area contributed by atoms with Crippen LogP contribution in [0.15, 0.2) is 72.8 Å². The highest BCUT2D eigenvalue weighted by atomic mass is 16.7. The molecular weight excluding hydrogens is 381 g/mol. The fourth-order valence-corrected chi connectivity index (χ4v) is 3.46. The van der Waals surface area contributed by atoms with Crippen LogP contribution in [-0.2, 0) is 13.7 Å². The Bertz CT molecular complexity index is 869. The smallest absolute Gasteiger partial charge is 0.470 e. The molecular formula is C21H21B3O6. The second-order valence-corrected chi connectivity index (χ2v) is 6.63. The summed E-state index contributed by atoms with van der Waals surface area (Å²) >= 11 is 0. The zero-order valence-electron chi connectivity index (χ0n) is 17.1. The van der Waals surface area contributed by atoms with E-state index in [9.17, 15) is 0 Å². The Morgan fingerprint density at radius 1 is 0.467 bits per heavy atom. The fraction of sp³-hybridized carbons (Fsp3) is 0.143. The lowest BCUT2D eigenvalue weighted by Gasteiger charge is -2.32. The first-order valence-electron chi connectivity index (χ1n) is 9.60. The molecule has 1 saturated heterocycles. The van der Waals surface area contributed by atoms with Gasteiger partial charge < -0.3 is 27.9 Å². The van der Waals surface area contributed by atoms with E-state index in [4.69, 9.17) is 27.9 Å². The van der Waals surface area contributed by atoms with Crippen molar-refractivity contribution in [3.63, 3.8) is 0 Å². The SMILES string of the molecule is COc1ccccc1B1OB(c2ccccc2OC)OB(c2ccccc2OC)O1. The van der Waals surface area contributed by atoms with E-state index >= 15 is 0 Å². The summed E-state index contributed by atoms with van der Waals surface area (Å²) in [4.78, 5) is 0. The van der Waals surface area contributed by atoms with Crippen molar-refractivity contribution in [2.24, 2.45) is 0 Å². The van der Waals surface area contributed by atoms with Crippen LogP contribution in [0.5, 0.6) is 17.2 Å². The molecule has 0 amide bonds. The van der Waals surface area contributed by atoms with Gasteiger partial charge in [-0.2, -0.15) is 0 Å². The molecule has 6 nitrogen and oxygen atoms in total. The maximum Gasteiger partial charge on any atom is 0.470 e. The molecule has 0 N–H and O–H groups in total. The van der Waals surface area contributed by atoms with E-state index in [2.05, 4.69) is 0 Å². The standard InChI is InChI=1S/C21H21B3O6/c1-25-19-13-7-4-10-16(19)22-28-23(17-11-5-8-14-20(17)26-2)30-24(29-22)18-12-6-9-15-21(18)27-3/h4-15H,1-3H3. The number of benzene rings is 3. The van der Waals surface area contributed by atoms with Crippen LogP contribution in [0.2, 0.25) is 0 Å². The van der Waals surface area contributed by atoms with Crippen molar-refractivity contribution in [1.29, 1.82) is 0 Å². The van der Waals surface area contributed by atoms with Gasteiger partial charge in [0.15, 0.2) is 0 Å². The summed E-state index contributed by atoms with van der Waals surface area (Å²) in [6.07, 6.45) is 0. The normalized spacial score (nSPS) is 13.9. The van der Waals surface area contributed by atoms with E-state index in [0.29, 0.717) is 17.2 Å². The molecule has 0 unspecified atom stereocenters. The summed E-state index contributed by atoms with van der Waals surface area (Å²) < 4.78 is 35.2. The highest BCUT2D eigenvalue weighted by Crippen LogP contribution is 2.19. The van der Waals surface area contributed by atoms with Crippen molar-refractivity contribution < 1.29 is 27.9 Å². The highest BCUT2D eigenvalue weighted by Gasteiger charge is 2.46. The summed E-state index contributed by atoms with van der Waals surface area (Å²) in [7, 11) is 2.69. The summed E-state index contributed by atoms with van der Waals surface area (Å²) in [5.41, 5.74) is 2.30. The van der Waals surface area contributed by atoms with Gasteiger partial charge in [0.25, 0.3) is 0 Å². The second-order valence-electron chi connectivity index (χ2n) is 6.63. The van der Waals surface area contributed by atoms with Crippen LogP contribution in [0.3, 0.4) is 0 Å². The minimum Gasteiger partial charge on any atom is -0.497 e. The number of hydrogen-bond acceptors (Lipinski definition) is 6. The van der Waals surface area contributed by atoms with Crippen LogP contribution in [0, 0.1) is 0 Å². The molecule has 3 aromatic rings. The van der Waals surface area contributed by atoms with Gasteiger partial charge in [0.2, 0.25) is 0 Å². The van der Waals surface area contributed by atoms with Gasteiger partial charge in [-0.05, 0) is 18.2 Å². The van der Waals surface area contributed by atoms with Crippen molar-refractivity contribution in [2.45, 2.75) is 0 Å². The third-order valence-electron chi connectivity index (χ3n) is 4.92. The van der Waals surface area contributed by atoms with Crippen LogP contribution in [0.4, 0.5) is 0 Å². The van der Waals surface area contributed by atoms with Crippen LogP contribution < -0.4 is 30.6 Å². The average Bonchev–Trinajstić information content (AvgIpc) is 2.83. The van der Waals surface area contributed by atoms with Gasteiger partial charge in [-0.3, -0.25) is 0 Å². The summed E-state index contributed by atoms with van der Waals surface area (Å²) in [5.74, 6) is 2.01. The van der Waals surface area contributed by atoms with Gasteiger partial charge in [-0.1, -0.05) is 54.6 Å². The zero-order valence-corrected chi connectivity index (χ0v) is 17.1. The molecule has 4 rings (SSSR count). The molecule has 1 aliphatic heterocycles. The van der Waals surface area contributed by atoms with Gasteiger partial charge in [0.05, 0.1) is 21.3 Å². The molecule has 0 aliphatic carbocycles. The summed E-state index contributed by atoms with van der Waals surface area (Å²) in [6.45, 7) is 0. The van der Waals surface area contributed by atoms with Crippen molar-refractivity contribution in [3.8, 4) is 17.2 Å². The molecule has 150 valence electrons. The molecule has 0 aromatic heterocycles. The van der Waals surface area contributed by atoms with Crippen LogP contribution in [0.1, 0.15) is 0 Å². The Morgan fingerprint density at radius 2 is 0.733 bits per heavy atom. The summed E-state index contributed by atoms with van der Waals surface area (Å²) in [6, 6.07) is 22.8. The zero-order chi connectivity index (χ0) is 20.9. The number of hydrogen-bond donors (Lipinski definition) is 0. The monoisotopic (exact) mass is 402 g/mol. The molecule has 0 atom stereocenters. The first kappa shape index (κ1) is 20.4. The number of methoxy groups -OCH3 is 3. The first-order valence-corrected chi connectivity index (χ1v) is 9.60. The van der Waals surface area contributed by atoms with E-state index in [1.165, 1.54) is 0 Å². The van der Waals surface area contributed by atoms with E-state index in [1.54, 1.807) is 21.3 Å². The number of para-hydroxylation sites is 3. The molecule has 0 bridgehead atoms. The molecule has 1 heterocycles. The lowest BCUT2D eigenvalue weighted by Crippen LogP contribution is -2.61. The minimum absolute atomic E-state index is 0.668. The lowest BCUT2D eigenvalue weighted by atomic mass is 9.61. The van der Waals surface area contributed by atoms with Gasteiger partial charge in [-0.15, -0.1) is 0 Å². The van der Waals surface area contributed by atoms with Crippen molar-refractivity contribution in [3.05, 3.63) is 72.8 Å². The van der Waals surface area contributed by atoms with Crippen LogP contribution in [-0.4, -0.2) is 42.7 Å². The Labute approximate surface area is 177 Å². The maximum atomic E-state index is 6.22. The van der Waals surface area contributed by atoms with Gasteiger partial charge in [0, 0.05) is 16.4 Å². The van der Waals surface area contributed by atoms with Crippen molar-refractivity contribution >= 4 is 37.7 Å². The molecule has 1 aliphatic rings. The highest BCUT2D eigenvalue weighted by molar-refractivity contribution is 6.87. The van der Waals surface area contributed by atoms with Crippen LogP contribution >= 0.6 is 0 Å². The lowest BCUT2D eigenvalue weighted by molar-refractivity contribution is 0.304. The number of rotatable bonds is 6. The Hall–Kier alpha value is -2.87. The van der Waals surface area contributed by atoms with E-state index in [1.807, 2.05) is 72.8 Å². The van der Waals surface area contributed by atoms with Crippen molar-refractivity contribution in [1.82, 2.24) is 0 Å². The quantitative estimate of drug-likeness (QED) is 0.580. The molecule has 0 spiro atoms. The largest absolute Gasteiger partial charge is 0.497 e.